The van der Waals surface area contributed by atoms with Crippen molar-refractivity contribution in [2.75, 3.05) is 19.8 Å². The molecule has 1 aromatic rings. The third kappa shape index (κ3) is 3.85. The number of fused-ring (bicyclic) bond motifs is 1. The largest absolute Gasteiger partial charge is 0.461 e. The quantitative estimate of drug-likeness (QED) is 0.780. The molecule has 3 rings (SSSR count). The lowest BCUT2D eigenvalue weighted by molar-refractivity contribution is -0.158. The third-order valence-corrected chi connectivity index (χ3v) is 4.32. The summed E-state index contributed by atoms with van der Waals surface area (Å²) in [5, 5.41) is 1.95. The first-order valence-electron chi connectivity index (χ1n) is 7.93. The van der Waals surface area contributed by atoms with Crippen molar-refractivity contribution in [1.29, 1.82) is 0 Å². The Bertz CT molecular complexity index is 493. The molecule has 2 aliphatic heterocycles. The van der Waals surface area contributed by atoms with Crippen LogP contribution in [-0.4, -0.2) is 42.9 Å². The van der Waals surface area contributed by atoms with Crippen LogP contribution in [-0.2, 0) is 25.7 Å². The minimum atomic E-state index is -0.184. The second-order valence-electron chi connectivity index (χ2n) is 6.04. The minimum Gasteiger partial charge on any atom is -0.461 e. The summed E-state index contributed by atoms with van der Waals surface area (Å²) in [6, 6.07) is 10.1. The molecule has 2 aliphatic rings. The first-order chi connectivity index (χ1) is 10.7. The van der Waals surface area contributed by atoms with Gasteiger partial charge in [-0.3, -0.25) is 9.63 Å². The lowest BCUT2D eigenvalue weighted by Crippen LogP contribution is -2.42. The Labute approximate surface area is 131 Å². The average molecular weight is 305 g/mol. The van der Waals surface area contributed by atoms with Crippen LogP contribution in [0.3, 0.4) is 0 Å². The Hall–Kier alpha value is -1.43. The SMILES string of the molecule is C[C@@H]1C[C@@H]2[C@H](CO1)CON2CCC(=O)OCc1ccccc1. The van der Waals surface area contributed by atoms with Gasteiger partial charge in [-0.2, -0.15) is 5.06 Å². The molecule has 0 aliphatic carbocycles. The number of ether oxygens (including phenoxy) is 2. The fourth-order valence-corrected chi connectivity index (χ4v) is 3.04. The second-order valence-corrected chi connectivity index (χ2v) is 6.04. The molecule has 22 heavy (non-hydrogen) atoms. The molecule has 0 spiro atoms. The topological polar surface area (TPSA) is 48.0 Å². The molecule has 2 fully saturated rings. The fraction of sp³-hybridized carbons (Fsp3) is 0.588. The standard InChI is InChI=1S/C17H23NO4/c1-13-9-16-15(11-20-13)12-22-18(16)8-7-17(19)21-10-14-5-3-2-4-6-14/h2-6,13,15-16H,7-12H2,1H3/t13-,15-,16-/m1/s1. The van der Waals surface area contributed by atoms with E-state index in [2.05, 4.69) is 6.92 Å². The van der Waals surface area contributed by atoms with Crippen molar-refractivity contribution in [2.24, 2.45) is 5.92 Å². The highest BCUT2D eigenvalue weighted by atomic mass is 16.7. The third-order valence-electron chi connectivity index (χ3n) is 4.32. The number of hydroxylamine groups is 2. The fourth-order valence-electron chi connectivity index (χ4n) is 3.04. The van der Waals surface area contributed by atoms with Crippen LogP contribution in [0.15, 0.2) is 30.3 Å². The van der Waals surface area contributed by atoms with E-state index in [0.29, 0.717) is 38.1 Å². The van der Waals surface area contributed by atoms with E-state index in [-0.39, 0.29) is 12.1 Å². The van der Waals surface area contributed by atoms with Crippen LogP contribution in [0.1, 0.15) is 25.3 Å². The molecule has 5 nitrogen and oxygen atoms in total. The summed E-state index contributed by atoms with van der Waals surface area (Å²) >= 11 is 0. The number of hydrogen-bond donors (Lipinski definition) is 0. The van der Waals surface area contributed by atoms with E-state index in [1.165, 1.54) is 0 Å². The van der Waals surface area contributed by atoms with E-state index >= 15 is 0 Å². The lowest BCUT2D eigenvalue weighted by atomic mass is 9.94. The second kappa shape index (κ2) is 7.22. The van der Waals surface area contributed by atoms with Crippen molar-refractivity contribution in [3.05, 3.63) is 35.9 Å². The first kappa shape index (κ1) is 15.5. The molecular formula is C17H23NO4. The molecule has 120 valence electrons. The predicted octanol–water partition coefficient (Wildman–Crippen LogP) is 2.16. The smallest absolute Gasteiger partial charge is 0.307 e. The molecule has 0 saturated carbocycles. The molecule has 0 amide bonds. The van der Waals surface area contributed by atoms with E-state index < -0.39 is 0 Å². The van der Waals surface area contributed by atoms with E-state index in [4.69, 9.17) is 14.3 Å². The van der Waals surface area contributed by atoms with Gasteiger partial charge < -0.3 is 9.47 Å². The van der Waals surface area contributed by atoms with Gasteiger partial charge in [0.05, 0.1) is 25.7 Å². The summed E-state index contributed by atoms with van der Waals surface area (Å²) in [5.41, 5.74) is 1.01. The van der Waals surface area contributed by atoms with Crippen molar-refractivity contribution >= 4 is 5.97 Å². The van der Waals surface area contributed by atoms with Crippen molar-refractivity contribution < 1.29 is 19.1 Å². The number of rotatable bonds is 5. The number of esters is 1. The van der Waals surface area contributed by atoms with Gasteiger partial charge in [0.15, 0.2) is 0 Å². The Morgan fingerprint density at radius 2 is 2.14 bits per heavy atom. The van der Waals surface area contributed by atoms with Gasteiger partial charge in [0.1, 0.15) is 6.61 Å². The van der Waals surface area contributed by atoms with Crippen LogP contribution in [0.2, 0.25) is 0 Å². The van der Waals surface area contributed by atoms with E-state index in [1.807, 2.05) is 35.4 Å². The maximum absolute atomic E-state index is 11.9. The summed E-state index contributed by atoms with van der Waals surface area (Å²) in [7, 11) is 0. The molecule has 0 bridgehead atoms. The zero-order valence-electron chi connectivity index (χ0n) is 12.9. The predicted molar refractivity (Wildman–Crippen MR) is 80.8 cm³/mol. The summed E-state index contributed by atoms with van der Waals surface area (Å²) in [4.78, 5) is 17.6. The van der Waals surface area contributed by atoms with Crippen molar-refractivity contribution in [2.45, 2.75) is 38.5 Å². The van der Waals surface area contributed by atoms with Gasteiger partial charge >= 0.3 is 5.97 Å². The van der Waals surface area contributed by atoms with Crippen LogP contribution >= 0.6 is 0 Å². The van der Waals surface area contributed by atoms with Gasteiger partial charge in [0.2, 0.25) is 0 Å². The van der Waals surface area contributed by atoms with Crippen LogP contribution in [0.5, 0.6) is 0 Å². The molecule has 0 unspecified atom stereocenters. The highest BCUT2D eigenvalue weighted by molar-refractivity contribution is 5.69. The Morgan fingerprint density at radius 3 is 2.95 bits per heavy atom. The molecule has 2 heterocycles. The molecule has 0 radical (unpaired) electrons. The zero-order valence-corrected chi connectivity index (χ0v) is 12.9. The molecular weight excluding hydrogens is 282 g/mol. The number of benzene rings is 1. The summed E-state index contributed by atoms with van der Waals surface area (Å²) in [5.74, 6) is 0.243. The summed E-state index contributed by atoms with van der Waals surface area (Å²) in [6.07, 6.45) is 1.57. The van der Waals surface area contributed by atoms with Crippen LogP contribution in [0.4, 0.5) is 0 Å². The highest BCUT2D eigenvalue weighted by Crippen LogP contribution is 2.30. The Balaban J connectivity index is 1.41. The maximum Gasteiger partial charge on any atom is 0.307 e. The minimum absolute atomic E-state index is 0.184. The number of carbonyl (C=O) groups excluding carboxylic acids is 1. The molecule has 0 N–H and O–H groups in total. The van der Waals surface area contributed by atoms with Crippen LogP contribution in [0, 0.1) is 5.92 Å². The number of nitrogens with zero attached hydrogens (tertiary/aromatic N) is 1. The van der Waals surface area contributed by atoms with Gasteiger partial charge in [-0.05, 0) is 18.9 Å². The average Bonchev–Trinajstić information content (AvgIpc) is 2.94. The number of carbonyl (C=O) groups is 1. The maximum atomic E-state index is 11.9. The highest BCUT2D eigenvalue weighted by Gasteiger charge is 2.39. The molecule has 2 saturated heterocycles. The van der Waals surface area contributed by atoms with E-state index in [0.717, 1.165) is 18.6 Å². The Kier molecular flexibility index (Phi) is 5.08. The van der Waals surface area contributed by atoms with Crippen molar-refractivity contribution in [3.8, 4) is 0 Å². The van der Waals surface area contributed by atoms with Gasteiger partial charge in [0, 0.05) is 18.5 Å². The molecule has 0 aromatic heterocycles. The van der Waals surface area contributed by atoms with Crippen molar-refractivity contribution in [3.63, 3.8) is 0 Å². The normalized spacial score (nSPS) is 28.3. The lowest BCUT2D eigenvalue weighted by Gasteiger charge is -2.32. The van der Waals surface area contributed by atoms with Gasteiger partial charge in [0.25, 0.3) is 0 Å². The summed E-state index contributed by atoms with van der Waals surface area (Å²) in [6.45, 7) is 4.44. The molecule has 5 heteroatoms. The van der Waals surface area contributed by atoms with Gasteiger partial charge in [-0.25, -0.2) is 0 Å². The molecule has 1 aromatic carbocycles. The van der Waals surface area contributed by atoms with Gasteiger partial charge in [-0.1, -0.05) is 30.3 Å². The van der Waals surface area contributed by atoms with E-state index in [9.17, 15) is 4.79 Å². The number of hydrogen-bond acceptors (Lipinski definition) is 5. The monoisotopic (exact) mass is 305 g/mol. The van der Waals surface area contributed by atoms with Gasteiger partial charge in [-0.15, -0.1) is 0 Å². The van der Waals surface area contributed by atoms with Crippen molar-refractivity contribution in [1.82, 2.24) is 5.06 Å². The summed E-state index contributed by atoms with van der Waals surface area (Å²) < 4.78 is 11.0. The Morgan fingerprint density at radius 1 is 1.32 bits per heavy atom. The first-order valence-corrected chi connectivity index (χ1v) is 7.93. The van der Waals surface area contributed by atoms with E-state index in [1.54, 1.807) is 0 Å². The van der Waals surface area contributed by atoms with Crippen LogP contribution in [0.25, 0.3) is 0 Å². The zero-order chi connectivity index (χ0) is 15.4. The van der Waals surface area contributed by atoms with Crippen LogP contribution < -0.4 is 0 Å². The molecule has 3 atom stereocenters.